The number of alkyl halides is 3. The van der Waals surface area contributed by atoms with Crippen LogP contribution >= 0.6 is 0 Å². The van der Waals surface area contributed by atoms with Gasteiger partial charge in [0, 0.05) is 0 Å². The number of carbonyl (C=O) groups excluding carboxylic acids is 1. The van der Waals surface area contributed by atoms with Crippen molar-refractivity contribution in [3.05, 3.63) is 35.4 Å². The largest absolute Gasteiger partial charge is 0.444 e. The Bertz CT molecular complexity index is 678. The van der Waals surface area contributed by atoms with Gasteiger partial charge in [0.1, 0.15) is 11.4 Å². The summed E-state index contributed by atoms with van der Waals surface area (Å²) < 4.78 is 77.3. The Balaban J connectivity index is 3.04. The Morgan fingerprint density at radius 2 is 1.67 bits per heavy atom. The predicted molar refractivity (Wildman–Crippen MR) is 78.4 cm³/mol. The maximum atomic E-state index is 13.0. The second-order valence-electron chi connectivity index (χ2n) is 6.02. The predicted octanol–water partition coefficient (Wildman–Crippen LogP) is 3.57. The van der Waals surface area contributed by atoms with Crippen LogP contribution in [0.5, 0.6) is 0 Å². The van der Waals surface area contributed by atoms with Crippen molar-refractivity contribution >= 4 is 16.3 Å². The SMILES string of the molecule is CC(C)(C)OC(=O)NC(CS(=O)(=O)F)c1ccc(C(F)(F)F)cc1. The molecule has 136 valence electrons. The van der Waals surface area contributed by atoms with Gasteiger partial charge in [0.25, 0.3) is 0 Å². The normalized spacial score (nSPS) is 14.1. The number of rotatable bonds is 4. The zero-order valence-electron chi connectivity index (χ0n) is 13.1. The van der Waals surface area contributed by atoms with Crippen molar-refractivity contribution in [2.24, 2.45) is 0 Å². The van der Waals surface area contributed by atoms with E-state index in [9.17, 15) is 30.3 Å². The van der Waals surface area contributed by atoms with Gasteiger partial charge < -0.3 is 10.1 Å². The zero-order valence-corrected chi connectivity index (χ0v) is 14.0. The fourth-order valence-corrected chi connectivity index (χ4v) is 2.45. The summed E-state index contributed by atoms with van der Waals surface area (Å²) in [6.45, 7) is 4.68. The molecule has 0 fully saturated rings. The Morgan fingerprint density at radius 1 is 1.17 bits per heavy atom. The number of alkyl carbamates (subject to hydrolysis) is 1. The van der Waals surface area contributed by atoms with E-state index in [0.29, 0.717) is 12.1 Å². The van der Waals surface area contributed by atoms with Gasteiger partial charge in [0.15, 0.2) is 0 Å². The molecule has 0 radical (unpaired) electrons. The molecule has 0 aliphatic carbocycles. The minimum atomic E-state index is -4.99. The molecule has 0 spiro atoms. The van der Waals surface area contributed by atoms with Crippen molar-refractivity contribution in [2.45, 2.75) is 38.6 Å². The summed E-state index contributed by atoms with van der Waals surface area (Å²) in [4.78, 5) is 11.7. The highest BCUT2D eigenvalue weighted by atomic mass is 32.3. The number of nitrogens with one attached hydrogen (secondary N) is 1. The molecule has 0 bridgehead atoms. The first-order valence-electron chi connectivity index (χ1n) is 6.76. The first kappa shape index (κ1) is 20.2. The van der Waals surface area contributed by atoms with E-state index in [-0.39, 0.29) is 5.56 Å². The van der Waals surface area contributed by atoms with E-state index in [0.717, 1.165) is 12.1 Å². The number of halogens is 4. The standard InChI is InChI=1S/C14H17F4NO4S/c1-13(2,3)23-12(20)19-11(8-24(18,21)22)9-4-6-10(7-5-9)14(15,16)17/h4-7,11H,8H2,1-3H3,(H,19,20). The van der Waals surface area contributed by atoms with Crippen LogP contribution in [0.4, 0.5) is 21.9 Å². The highest BCUT2D eigenvalue weighted by Gasteiger charge is 2.31. The number of hydrogen-bond donors (Lipinski definition) is 1. The Labute approximate surface area is 137 Å². The summed E-state index contributed by atoms with van der Waals surface area (Å²) in [7, 11) is -4.99. The van der Waals surface area contributed by atoms with Gasteiger partial charge in [-0.05, 0) is 38.5 Å². The van der Waals surface area contributed by atoms with E-state index in [1.807, 2.05) is 0 Å². The molecule has 1 N–H and O–H groups in total. The molecule has 1 unspecified atom stereocenters. The lowest BCUT2D eigenvalue weighted by Crippen LogP contribution is -2.37. The first-order valence-corrected chi connectivity index (χ1v) is 8.32. The van der Waals surface area contributed by atoms with Crippen molar-refractivity contribution in [1.82, 2.24) is 5.32 Å². The molecule has 1 atom stereocenters. The summed E-state index contributed by atoms with van der Waals surface area (Å²) in [5, 5.41) is 2.14. The minimum absolute atomic E-state index is 0.00455. The van der Waals surface area contributed by atoms with E-state index in [4.69, 9.17) is 4.74 Å². The third-order valence-corrected chi connectivity index (χ3v) is 3.43. The maximum absolute atomic E-state index is 13.0. The van der Waals surface area contributed by atoms with Gasteiger partial charge in [-0.15, -0.1) is 3.89 Å². The molecule has 0 heterocycles. The lowest BCUT2D eigenvalue weighted by atomic mass is 10.1. The molecule has 5 nitrogen and oxygen atoms in total. The van der Waals surface area contributed by atoms with Gasteiger partial charge in [-0.25, -0.2) is 4.79 Å². The van der Waals surface area contributed by atoms with Crippen LogP contribution < -0.4 is 5.32 Å². The zero-order chi connectivity index (χ0) is 18.8. The third kappa shape index (κ3) is 7.16. The van der Waals surface area contributed by atoms with Crippen LogP contribution in [0, 0.1) is 0 Å². The lowest BCUT2D eigenvalue weighted by Gasteiger charge is -2.23. The monoisotopic (exact) mass is 371 g/mol. The number of amides is 1. The molecule has 10 heteroatoms. The minimum Gasteiger partial charge on any atom is -0.444 e. The lowest BCUT2D eigenvalue weighted by molar-refractivity contribution is -0.137. The van der Waals surface area contributed by atoms with Gasteiger partial charge in [-0.1, -0.05) is 12.1 Å². The van der Waals surface area contributed by atoms with E-state index in [2.05, 4.69) is 5.32 Å². The quantitative estimate of drug-likeness (QED) is 0.649. The van der Waals surface area contributed by atoms with E-state index < -0.39 is 45.5 Å². The summed E-state index contributed by atoms with van der Waals surface area (Å²) in [6, 6.07) is 1.97. The molecule has 1 amide bonds. The topological polar surface area (TPSA) is 72.5 Å². The average Bonchev–Trinajstić information content (AvgIpc) is 2.33. The van der Waals surface area contributed by atoms with Crippen LogP contribution in [0.1, 0.15) is 37.9 Å². The van der Waals surface area contributed by atoms with Crippen molar-refractivity contribution in [1.29, 1.82) is 0 Å². The third-order valence-electron chi connectivity index (χ3n) is 2.70. The second-order valence-corrected chi connectivity index (χ2v) is 7.44. The van der Waals surface area contributed by atoms with Gasteiger partial charge >= 0.3 is 22.5 Å². The molecule has 0 aliphatic heterocycles. The van der Waals surface area contributed by atoms with Crippen LogP contribution in [0.25, 0.3) is 0 Å². The Morgan fingerprint density at radius 3 is 2.04 bits per heavy atom. The van der Waals surface area contributed by atoms with Crippen LogP contribution in [0.15, 0.2) is 24.3 Å². The molecule has 24 heavy (non-hydrogen) atoms. The fraction of sp³-hybridized carbons (Fsp3) is 0.500. The van der Waals surface area contributed by atoms with Crippen LogP contribution in [0.3, 0.4) is 0 Å². The van der Waals surface area contributed by atoms with Crippen molar-refractivity contribution in [2.75, 3.05) is 5.75 Å². The molecule has 1 aromatic rings. The van der Waals surface area contributed by atoms with Gasteiger partial charge in [0.05, 0.1) is 11.6 Å². The molecule has 0 aromatic heterocycles. The fourth-order valence-electron chi connectivity index (χ4n) is 1.77. The summed E-state index contributed by atoms with van der Waals surface area (Å²) in [5.74, 6) is -1.13. The van der Waals surface area contributed by atoms with Gasteiger partial charge in [-0.3, -0.25) is 0 Å². The van der Waals surface area contributed by atoms with E-state index >= 15 is 0 Å². The van der Waals surface area contributed by atoms with E-state index in [1.165, 1.54) is 0 Å². The molecular weight excluding hydrogens is 354 g/mol. The number of ether oxygens (including phenoxy) is 1. The summed E-state index contributed by atoms with van der Waals surface area (Å²) >= 11 is 0. The summed E-state index contributed by atoms with van der Waals surface area (Å²) in [6.07, 6.45) is -5.59. The maximum Gasteiger partial charge on any atom is 0.416 e. The van der Waals surface area contributed by atoms with Crippen molar-refractivity contribution < 1.29 is 35.0 Å². The van der Waals surface area contributed by atoms with E-state index in [1.54, 1.807) is 20.8 Å². The first-order chi connectivity index (χ1) is 10.7. The number of benzene rings is 1. The highest BCUT2D eigenvalue weighted by molar-refractivity contribution is 7.86. The Kier molecular flexibility index (Phi) is 5.86. The molecule has 1 aromatic carbocycles. The van der Waals surface area contributed by atoms with Crippen molar-refractivity contribution in [3.8, 4) is 0 Å². The molecule has 1 rings (SSSR count). The Hall–Kier alpha value is -1.84. The van der Waals surface area contributed by atoms with Crippen molar-refractivity contribution in [3.63, 3.8) is 0 Å². The highest BCUT2D eigenvalue weighted by Crippen LogP contribution is 2.30. The smallest absolute Gasteiger partial charge is 0.416 e. The second kappa shape index (κ2) is 6.96. The summed E-state index contributed by atoms with van der Waals surface area (Å²) in [5.41, 5.74) is -1.84. The van der Waals surface area contributed by atoms with Crippen LogP contribution in [-0.4, -0.2) is 25.9 Å². The molecular formula is C14H17F4NO4S. The average molecular weight is 371 g/mol. The van der Waals surface area contributed by atoms with Gasteiger partial charge in [0.2, 0.25) is 0 Å². The molecule has 0 saturated carbocycles. The molecule has 0 saturated heterocycles. The molecule has 0 aliphatic rings. The van der Waals surface area contributed by atoms with Gasteiger partial charge in [-0.2, -0.15) is 21.6 Å². The van der Waals surface area contributed by atoms with Crippen LogP contribution in [0.2, 0.25) is 0 Å². The number of carbonyl (C=O) groups is 1. The number of hydrogen-bond acceptors (Lipinski definition) is 4. The van der Waals surface area contributed by atoms with Crippen LogP contribution in [-0.2, 0) is 21.1 Å².